The predicted molar refractivity (Wildman–Crippen MR) is 61.0 cm³/mol. The van der Waals surface area contributed by atoms with Crippen molar-refractivity contribution in [2.45, 2.75) is 25.8 Å². The number of nitrogens with one attached hydrogen (secondary N) is 1. The number of carboxylic acids is 1. The molecule has 0 aromatic rings. The molecular weight excluding hydrogens is 232 g/mol. The average Bonchev–Trinajstić information content (AvgIpc) is 2.11. The van der Waals surface area contributed by atoms with E-state index in [1.165, 1.54) is 25.6 Å². The Balaban J connectivity index is 3.83. The van der Waals surface area contributed by atoms with Gasteiger partial charge in [-0.2, -0.15) is 11.8 Å². The van der Waals surface area contributed by atoms with Crippen LogP contribution in [0.4, 0.5) is 0 Å². The molecule has 0 rings (SSSR count). The van der Waals surface area contributed by atoms with Gasteiger partial charge in [0.15, 0.2) is 0 Å². The number of carbonyl (C=O) groups is 3. The largest absolute Gasteiger partial charge is 0.480 e. The van der Waals surface area contributed by atoms with Crippen LogP contribution in [-0.2, 0) is 14.4 Å². The molecule has 6 nitrogen and oxygen atoms in total. The first-order valence-corrected chi connectivity index (χ1v) is 5.81. The molecule has 2 amide bonds. The topological polar surface area (TPSA) is 109 Å². The lowest BCUT2D eigenvalue weighted by Crippen LogP contribution is -2.49. The molecule has 0 unspecified atom stereocenters. The summed E-state index contributed by atoms with van der Waals surface area (Å²) in [5.41, 5.74) is 3.64. The Morgan fingerprint density at radius 3 is 2.38 bits per heavy atom. The molecule has 0 aromatic carbocycles. The zero-order valence-electron chi connectivity index (χ0n) is 9.28. The number of nitrogens with two attached hydrogens (primary N) is 1. The van der Waals surface area contributed by atoms with Crippen molar-refractivity contribution >= 4 is 29.5 Å². The minimum atomic E-state index is -1.27. The van der Waals surface area contributed by atoms with Crippen LogP contribution in [-0.4, -0.2) is 39.9 Å². The summed E-state index contributed by atoms with van der Waals surface area (Å²) in [4.78, 5) is 32.4. The predicted octanol–water partition coefficient (Wildman–Crippen LogP) is -0.426. The molecule has 92 valence electrons. The normalized spacial score (nSPS) is 10.9. The highest BCUT2D eigenvalue weighted by molar-refractivity contribution is 7.99. The maximum absolute atomic E-state index is 11.3. The highest BCUT2D eigenvalue weighted by Gasteiger charge is 2.28. The minimum Gasteiger partial charge on any atom is -0.480 e. The fraction of sp³-hybridized carbons (Fsp3) is 0.667. The molecule has 4 N–H and O–H groups in total. The summed E-state index contributed by atoms with van der Waals surface area (Å²) in [5.74, 6) is -1.29. The molecule has 0 saturated heterocycles. The monoisotopic (exact) mass is 248 g/mol. The maximum atomic E-state index is 11.3. The number of carbonyl (C=O) groups excluding carboxylic acids is 2. The van der Waals surface area contributed by atoms with Crippen molar-refractivity contribution in [3.05, 3.63) is 0 Å². The van der Waals surface area contributed by atoms with Gasteiger partial charge in [-0.3, -0.25) is 9.59 Å². The SMILES string of the molecule is CC(C)(NC(=O)CCSCC(N)=O)C(=O)O. The van der Waals surface area contributed by atoms with Crippen LogP contribution >= 0.6 is 11.8 Å². The van der Waals surface area contributed by atoms with E-state index >= 15 is 0 Å². The van der Waals surface area contributed by atoms with Crippen molar-refractivity contribution in [1.82, 2.24) is 5.32 Å². The number of hydrogen-bond acceptors (Lipinski definition) is 4. The number of aliphatic carboxylic acids is 1. The molecule has 7 heteroatoms. The average molecular weight is 248 g/mol. The van der Waals surface area contributed by atoms with Crippen molar-refractivity contribution in [2.75, 3.05) is 11.5 Å². The second-order valence-corrected chi connectivity index (χ2v) is 4.85. The van der Waals surface area contributed by atoms with E-state index in [9.17, 15) is 14.4 Å². The molecule has 0 radical (unpaired) electrons. The van der Waals surface area contributed by atoms with E-state index in [1.54, 1.807) is 0 Å². The van der Waals surface area contributed by atoms with Crippen LogP contribution in [0.5, 0.6) is 0 Å². The first-order valence-electron chi connectivity index (χ1n) is 4.66. The van der Waals surface area contributed by atoms with Gasteiger partial charge in [0.05, 0.1) is 5.75 Å². The zero-order valence-corrected chi connectivity index (χ0v) is 10.1. The Kier molecular flexibility index (Phi) is 5.87. The minimum absolute atomic E-state index is 0.161. The summed E-state index contributed by atoms with van der Waals surface area (Å²) in [6.45, 7) is 2.81. The van der Waals surface area contributed by atoms with Gasteiger partial charge in [0.1, 0.15) is 5.54 Å². The number of carboxylic acid groups (broad SMARTS) is 1. The first kappa shape index (κ1) is 14.8. The van der Waals surface area contributed by atoms with Gasteiger partial charge in [-0.05, 0) is 13.8 Å². The van der Waals surface area contributed by atoms with Gasteiger partial charge < -0.3 is 16.2 Å². The third kappa shape index (κ3) is 6.28. The summed E-state index contributed by atoms with van der Waals surface area (Å²) >= 11 is 1.24. The highest BCUT2D eigenvalue weighted by Crippen LogP contribution is 2.05. The standard InChI is InChI=1S/C9H16N2O4S/c1-9(2,8(14)15)11-7(13)3-4-16-5-6(10)12/h3-5H2,1-2H3,(H2,10,12)(H,11,13)(H,14,15). The summed E-state index contributed by atoms with van der Waals surface area (Å²) in [5, 5.41) is 11.1. The van der Waals surface area contributed by atoms with Gasteiger partial charge in [0.25, 0.3) is 0 Å². The molecule has 0 aliphatic rings. The third-order valence-corrected chi connectivity index (χ3v) is 2.69. The second kappa shape index (κ2) is 6.37. The molecule has 0 saturated carbocycles. The van der Waals surface area contributed by atoms with Gasteiger partial charge in [-0.15, -0.1) is 0 Å². The van der Waals surface area contributed by atoms with Crippen molar-refractivity contribution in [2.24, 2.45) is 5.73 Å². The Hall–Kier alpha value is -1.24. The molecular formula is C9H16N2O4S. The fourth-order valence-corrected chi connectivity index (χ4v) is 1.48. The van der Waals surface area contributed by atoms with E-state index in [0.717, 1.165) is 0 Å². The maximum Gasteiger partial charge on any atom is 0.328 e. The van der Waals surface area contributed by atoms with Gasteiger partial charge in [0, 0.05) is 12.2 Å². The van der Waals surface area contributed by atoms with Crippen molar-refractivity contribution in [3.63, 3.8) is 0 Å². The van der Waals surface area contributed by atoms with E-state index < -0.39 is 17.4 Å². The molecule has 0 aliphatic heterocycles. The Bertz CT molecular complexity index is 291. The third-order valence-electron chi connectivity index (χ3n) is 1.70. The van der Waals surface area contributed by atoms with Crippen molar-refractivity contribution in [1.29, 1.82) is 0 Å². The number of amides is 2. The second-order valence-electron chi connectivity index (χ2n) is 3.75. The van der Waals surface area contributed by atoms with Crippen LogP contribution in [0.3, 0.4) is 0 Å². The van der Waals surface area contributed by atoms with Crippen LogP contribution in [0.15, 0.2) is 0 Å². The zero-order chi connectivity index (χ0) is 12.8. The van der Waals surface area contributed by atoms with E-state index in [-0.39, 0.29) is 18.1 Å². The highest BCUT2D eigenvalue weighted by atomic mass is 32.2. The quantitative estimate of drug-likeness (QED) is 0.530. The lowest BCUT2D eigenvalue weighted by molar-refractivity contribution is -0.145. The molecule has 0 aromatic heterocycles. The Morgan fingerprint density at radius 1 is 1.38 bits per heavy atom. The Labute approximate surface area is 98.0 Å². The van der Waals surface area contributed by atoms with Crippen molar-refractivity contribution < 1.29 is 19.5 Å². The van der Waals surface area contributed by atoms with Gasteiger partial charge >= 0.3 is 5.97 Å². The van der Waals surface area contributed by atoms with E-state index in [1.807, 2.05) is 0 Å². The molecule has 0 bridgehead atoms. The number of thioether (sulfide) groups is 1. The molecule has 0 spiro atoms. The summed E-state index contributed by atoms with van der Waals surface area (Å²) in [6.07, 6.45) is 0.161. The van der Waals surface area contributed by atoms with E-state index in [4.69, 9.17) is 10.8 Å². The van der Waals surface area contributed by atoms with Crippen LogP contribution < -0.4 is 11.1 Å². The van der Waals surface area contributed by atoms with Crippen LogP contribution in [0.1, 0.15) is 20.3 Å². The molecule has 0 atom stereocenters. The van der Waals surface area contributed by atoms with Gasteiger partial charge in [-0.1, -0.05) is 0 Å². The number of rotatable bonds is 7. The molecule has 16 heavy (non-hydrogen) atoms. The van der Waals surface area contributed by atoms with Crippen LogP contribution in [0, 0.1) is 0 Å². The summed E-state index contributed by atoms with van der Waals surface area (Å²) < 4.78 is 0. The molecule has 0 fully saturated rings. The summed E-state index contributed by atoms with van der Waals surface area (Å²) in [6, 6.07) is 0. The lowest BCUT2D eigenvalue weighted by atomic mass is 10.1. The smallest absolute Gasteiger partial charge is 0.328 e. The van der Waals surface area contributed by atoms with E-state index in [0.29, 0.717) is 5.75 Å². The Morgan fingerprint density at radius 2 is 1.94 bits per heavy atom. The van der Waals surface area contributed by atoms with Gasteiger partial charge in [-0.25, -0.2) is 4.79 Å². The molecule has 0 aliphatic carbocycles. The number of hydrogen-bond donors (Lipinski definition) is 3. The van der Waals surface area contributed by atoms with Crippen LogP contribution in [0.2, 0.25) is 0 Å². The first-order chi connectivity index (χ1) is 7.25. The van der Waals surface area contributed by atoms with Crippen molar-refractivity contribution in [3.8, 4) is 0 Å². The number of primary amides is 1. The summed E-state index contributed by atoms with van der Waals surface area (Å²) in [7, 11) is 0. The van der Waals surface area contributed by atoms with Gasteiger partial charge in [0.2, 0.25) is 11.8 Å². The molecule has 0 heterocycles. The van der Waals surface area contributed by atoms with Crippen LogP contribution in [0.25, 0.3) is 0 Å². The van der Waals surface area contributed by atoms with E-state index in [2.05, 4.69) is 5.32 Å². The lowest BCUT2D eigenvalue weighted by Gasteiger charge is -2.20. The fourth-order valence-electron chi connectivity index (χ4n) is 0.802.